The van der Waals surface area contributed by atoms with Crippen molar-refractivity contribution in [3.8, 4) is 12.3 Å². The van der Waals surface area contributed by atoms with Crippen LogP contribution in [0.5, 0.6) is 0 Å². The van der Waals surface area contributed by atoms with E-state index in [1.54, 1.807) is 0 Å². The van der Waals surface area contributed by atoms with Gasteiger partial charge in [0.25, 0.3) is 0 Å². The van der Waals surface area contributed by atoms with Gasteiger partial charge in [-0.2, -0.15) is 0 Å². The third kappa shape index (κ3) is 7.42. The van der Waals surface area contributed by atoms with Crippen molar-refractivity contribution < 1.29 is 0 Å². The maximum absolute atomic E-state index is 5.81. The summed E-state index contributed by atoms with van der Waals surface area (Å²) >= 11 is 0. The Bertz CT molecular complexity index is 113. The van der Waals surface area contributed by atoms with E-state index in [1.165, 1.54) is 12.8 Å². The summed E-state index contributed by atoms with van der Waals surface area (Å²) in [5.74, 6) is 2.63. The van der Waals surface area contributed by atoms with Crippen LogP contribution in [0.1, 0.15) is 45.4 Å². The highest BCUT2D eigenvalue weighted by Gasteiger charge is 1.98. The Morgan fingerprint density at radius 2 is 2.09 bits per heavy atom. The molecule has 0 radical (unpaired) electrons. The summed E-state index contributed by atoms with van der Waals surface area (Å²) in [6.07, 6.45) is 11.8. The molecule has 0 aromatic carbocycles. The van der Waals surface area contributed by atoms with Crippen LogP contribution in [0.15, 0.2) is 0 Å². The van der Waals surface area contributed by atoms with E-state index in [-0.39, 0.29) is 0 Å². The van der Waals surface area contributed by atoms with Gasteiger partial charge in [-0.25, -0.2) is 0 Å². The van der Waals surface area contributed by atoms with E-state index >= 15 is 0 Å². The molecule has 0 aliphatic carbocycles. The highest BCUT2D eigenvalue weighted by atomic mass is 14.6. The lowest BCUT2D eigenvalue weighted by molar-refractivity contribution is 0.530. The van der Waals surface area contributed by atoms with Crippen molar-refractivity contribution in [2.45, 2.75) is 51.5 Å². The first-order chi connectivity index (χ1) is 5.31. The standard InChI is InChI=1S/C10H19N/c1-3-5-6-7-9-10(11)8-4-2/h1,10H,4-9,11H2,2H3. The lowest BCUT2D eigenvalue weighted by Crippen LogP contribution is -2.18. The first-order valence-electron chi connectivity index (χ1n) is 4.50. The largest absolute Gasteiger partial charge is 0.328 e. The van der Waals surface area contributed by atoms with E-state index in [4.69, 9.17) is 12.2 Å². The fraction of sp³-hybridized carbons (Fsp3) is 0.800. The van der Waals surface area contributed by atoms with Crippen molar-refractivity contribution in [1.29, 1.82) is 0 Å². The van der Waals surface area contributed by atoms with Crippen molar-refractivity contribution >= 4 is 0 Å². The van der Waals surface area contributed by atoms with Gasteiger partial charge in [-0.05, 0) is 19.3 Å². The average molecular weight is 153 g/mol. The molecule has 1 nitrogen and oxygen atoms in total. The molecule has 1 atom stereocenters. The summed E-state index contributed by atoms with van der Waals surface area (Å²) in [7, 11) is 0. The smallest absolute Gasteiger partial charge is 0.00860 e. The Labute approximate surface area is 70.4 Å². The number of terminal acetylenes is 1. The molecular weight excluding hydrogens is 134 g/mol. The molecule has 0 aromatic rings. The van der Waals surface area contributed by atoms with Crippen LogP contribution in [0.25, 0.3) is 0 Å². The Kier molecular flexibility index (Phi) is 7.29. The molecule has 2 N–H and O–H groups in total. The average Bonchev–Trinajstić information content (AvgIpc) is 1.99. The van der Waals surface area contributed by atoms with Gasteiger partial charge in [0.05, 0.1) is 0 Å². The van der Waals surface area contributed by atoms with Gasteiger partial charge in [0, 0.05) is 12.5 Å². The van der Waals surface area contributed by atoms with Gasteiger partial charge in [-0.3, -0.25) is 0 Å². The van der Waals surface area contributed by atoms with Crippen molar-refractivity contribution in [1.82, 2.24) is 0 Å². The second kappa shape index (κ2) is 7.63. The molecule has 0 saturated heterocycles. The van der Waals surface area contributed by atoms with Crippen LogP contribution in [0.4, 0.5) is 0 Å². The molecule has 0 aliphatic heterocycles. The molecule has 0 saturated carbocycles. The minimum atomic E-state index is 0.401. The number of rotatable bonds is 6. The molecule has 0 rings (SSSR count). The summed E-state index contributed by atoms with van der Waals surface area (Å²) in [4.78, 5) is 0. The first-order valence-corrected chi connectivity index (χ1v) is 4.50. The summed E-state index contributed by atoms with van der Waals surface area (Å²) in [6, 6.07) is 0.401. The van der Waals surface area contributed by atoms with E-state index in [2.05, 4.69) is 12.8 Å². The number of hydrogen-bond donors (Lipinski definition) is 1. The molecule has 1 heteroatoms. The molecule has 0 spiro atoms. The lowest BCUT2D eigenvalue weighted by atomic mass is 10.1. The van der Waals surface area contributed by atoms with Crippen LogP contribution in [0.3, 0.4) is 0 Å². The van der Waals surface area contributed by atoms with Crippen LogP contribution >= 0.6 is 0 Å². The van der Waals surface area contributed by atoms with Gasteiger partial charge in [0.1, 0.15) is 0 Å². The SMILES string of the molecule is C#CCCCCC(N)CCC. The quantitative estimate of drug-likeness (QED) is 0.460. The van der Waals surface area contributed by atoms with Crippen LogP contribution in [0, 0.1) is 12.3 Å². The van der Waals surface area contributed by atoms with Gasteiger partial charge in [0.15, 0.2) is 0 Å². The van der Waals surface area contributed by atoms with E-state index in [0.29, 0.717) is 6.04 Å². The lowest BCUT2D eigenvalue weighted by Gasteiger charge is -2.08. The molecule has 11 heavy (non-hydrogen) atoms. The maximum Gasteiger partial charge on any atom is 0.00860 e. The van der Waals surface area contributed by atoms with Crippen molar-refractivity contribution in [3.63, 3.8) is 0 Å². The molecule has 64 valence electrons. The molecule has 0 fully saturated rings. The van der Waals surface area contributed by atoms with E-state index in [0.717, 1.165) is 25.7 Å². The zero-order chi connectivity index (χ0) is 8.53. The highest BCUT2D eigenvalue weighted by molar-refractivity contribution is 4.82. The molecule has 0 heterocycles. The number of hydrogen-bond acceptors (Lipinski definition) is 1. The Hall–Kier alpha value is -0.480. The van der Waals surface area contributed by atoms with Crippen LogP contribution in [-0.4, -0.2) is 6.04 Å². The van der Waals surface area contributed by atoms with Gasteiger partial charge in [-0.15, -0.1) is 12.3 Å². The Balaban J connectivity index is 3.05. The Morgan fingerprint density at radius 1 is 1.36 bits per heavy atom. The molecular formula is C10H19N. The maximum atomic E-state index is 5.81. The fourth-order valence-electron chi connectivity index (χ4n) is 1.15. The van der Waals surface area contributed by atoms with E-state index in [9.17, 15) is 0 Å². The molecule has 0 amide bonds. The van der Waals surface area contributed by atoms with E-state index in [1.807, 2.05) is 0 Å². The summed E-state index contributed by atoms with van der Waals surface area (Å²) < 4.78 is 0. The second-order valence-electron chi connectivity index (χ2n) is 3.00. The van der Waals surface area contributed by atoms with Gasteiger partial charge >= 0.3 is 0 Å². The summed E-state index contributed by atoms with van der Waals surface area (Å²) in [5.41, 5.74) is 5.81. The minimum absolute atomic E-state index is 0.401. The second-order valence-corrected chi connectivity index (χ2v) is 3.00. The predicted molar refractivity (Wildman–Crippen MR) is 50.2 cm³/mol. The summed E-state index contributed by atoms with van der Waals surface area (Å²) in [5, 5.41) is 0. The molecule has 1 unspecified atom stereocenters. The fourth-order valence-corrected chi connectivity index (χ4v) is 1.15. The summed E-state index contributed by atoms with van der Waals surface area (Å²) in [6.45, 7) is 2.17. The van der Waals surface area contributed by atoms with Gasteiger partial charge < -0.3 is 5.73 Å². The van der Waals surface area contributed by atoms with Gasteiger partial charge in [-0.1, -0.05) is 19.8 Å². The molecule has 0 aromatic heterocycles. The number of nitrogens with two attached hydrogens (primary N) is 1. The van der Waals surface area contributed by atoms with Crippen LogP contribution in [0.2, 0.25) is 0 Å². The third-order valence-corrected chi connectivity index (χ3v) is 1.81. The monoisotopic (exact) mass is 153 g/mol. The van der Waals surface area contributed by atoms with Crippen LogP contribution < -0.4 is 5.73 Å². The predicted octanol–water partition coefficient (Wildman–Crippen LogP) is 2.31. The van der Waals surface area contributed by atoms with Crippen molar-refractivity contribution in [2.24, 2.45) is 5.73 Å². The highest BCUT2D eigenvalue weighted by Crippen LogP contribution is 2.05. The first kappa shape index (κ1) is 10.5. The van der Waals surface area contributed by atoms with Crippen molar-refractivity contribution in [3.05, 3.63) is 0 Å². The normalized spacial score (nSPS) is 12.5. The zero-order valence-corrected chi connectivity index (χ0v) is 7.47. The van der Waals surface area contributed by atoms with Crippen LogP contribution in [-0.2, 0) is 0 Å². The minimum Gasteiger partial charge on any atom is -0.328 e. The molecule has 0 aliphatic rings. The Morgan fingerprint density at radius 3 is 2.64 bits per heavy atom. The zero-order valence-electron chi connectivity index (χ0n) is 7.47. The number of unbranched alkanes of at least 4 members (excludes halogenated alkanes) is 2. The molecule has 0 bridgehead atoms. The van der Waals surface area contributed by atoms with Crippen molar-refractivity contribution in [2.75, 3.05) is 0 Å². The third-order valence-electron chi connectivity index (χ3n) is 1.81. The topological polar surface area (TPSA) is 26.0 Å². The van der Waals surface area contributed by atoms with Gasteiger partial charge in [0.2, 0.25) is 0 Å². The van der Waals surface area contributed by atoms with E-state index < -0.39 is 0 Å².